The molecule has 1 atom stereocenters. The number of hydrogen-bond acceptors (Lipinski definition) is 3. The minimum absolute atomic E-state index is 0.0999. The highest BCUT2D eigenvalue weighted by atomic mass is 16.2. The summed E-state index contributed by atoms with van der Waals surface area (Å²) in [5.74, 6) is 0.590. The van der Waals surface area contributed by atoms with Gasteiger partial charge in [0, 0.05) is 25.6 Å². The number of rotatable bonds is 5. The Bertz CT molecular complexity index is 283. The molecule has 0 bridgehead atoms. The molecule has 1 saturated carbocycles. The van der Waals surface area contributed by atoms with Crippen molar-refractivity contribution in [2.75, 3.05) is 26.2 Å². The van der Waals surface area contributed by atoms with Crippen molar-refractivity contribution in [1.82, 2.24) is 16.0 Å². The second-order valence-electron chi connectivity index (χ2n) is 4.90. The van der Waals surface area contributed by atoms with Gasteiger partial charge in [-0.15, -0.1) is 0 Å². The second-order valence-corrected chi connectivity index (χ2v) is 4.90. The average Bonchev–Trinajstić information content (AvgIpc) is 3.19. The molecule has 1 aliphatic carbocycles. The maximum atomic E-state index is 11.7. The molecular formula is C12H21N3O2. The number of piperidine rings is 1. The van der Waals surface area contributed by atoms with E-state index in [2.05, 4.69) is 16.0 Å². The van der Waals surface area contributed by atoms with Crippen molar-refractivity contribution in [3.63, 3.8) is 0 Å². The van der Waals surface area contributed by atoms with Crippen LogP contribution in [0, 0.1) is 11.8 Å². The van der Waals surface area contributed by atoms with Crippen LogP contribution < -0.4 is 16.0 Å². The fourth-order valence-corrected chi connectivity index (χ4v) is 2.08. The summed E-state index contributed by atoms with van der Waals surface area (Å²) in [6.07, 6.45) is 4.07. The van der Waals surface area contributed by atoms with Gasteiger partial charge >= 0.3 is 0 Å². The van der Waals surface area contributed by atoms with Crippen molar-refractivity contribution in [3.8, 4) is 0 Å². The summed E-state index contributed by atoms with van der Waals surface area (Å²) >= 11 is 0. The second kappa shape index (κ2) is 6.00. The highest BCUT2D eigenvalue weighted by Gasteiger charge is 2.29. The molecule has 1 saturated heterocycles. The summed E-state index contributed by atoms with van der Waals surface area (Å²) < 4.78 is 0. The van der Waals surface area contributed by atoms with Crippen LogP contribution in [0.3, 0.4) is 0 Å². The largest absolute Gasteiger partial charge is 0.354 e. The molecule has 0 aromatic heterocycles. The molecule has 1 heterocycles. The lowest BCUT2D eigenvalue weighted by Crippen LogP contribution is -2.43. The summed E-state index contributed by atoms with van der Waals surface area (Å²) in [6.45, 7) is 2.87. The molecule has 0 aromatic rings. The number of nitrogens with one attached hydrogen (secondary N) is 3. The van der Waals surface area contributed by atoms with Gasteiger partial charge in [-0.3, -0.25) is 9.59 Å². The van der Waals surface area contributed by atoms with Crippen LogP contribution in [0.25, 0.3) is 0 Å². The maximum Gasteiger partial charge on any atom is 0.224 e. The predicted molar refractivity (Wildman–Crippen MR) is 64.3 cm³/mol. The van der Waals surface area contributed by atoms with Crippen LogP contribution >= 0.6 is 0 Å². The molecule has 5 heteroatoms. The molecule has 5 nitrogen and oxygen atoms in total. The molecule has 2 rings (SSSR count). The Morgan fingerprint density at radius 2 is 1.65 bits per heavy atom. The van der Waals surface area contributed by atoms with Crippen molar-refractivity contribution < 1.29 is 9.59 Å². The van der Waals surface area contributed by atoms with Gasteiger partial charge in [-0.25, -0.2) is 0 Å². The number of amides is 2. The average molecular weight is 239 g/mol. The molecule has 0 radical (unpaired) electrons. The van der Waals surface area contributed by atoms with Gasteiger partial charge in [0.25, 0.3) is 0 Å². The van der Waals surface area contributed by atoms with E-state index in [1.807, 2.05) is 0 Å². The summed E-state index contributed by atoms with van der Waals surface area (Å²) in [5.41, 5.74) is 0. The summed E-state index contributed by atoms with van der Waals surface area (Å²) in [7, 11) is 0. The van der Waals surface area contributed by atoms with E-state index < -0.39 is 0 Å². The van der Waals surface area contributed by atoms with E-state index in [1.54, 1.807) is 0 Å². The number of hydrogen-bond donors (Lipinski definition) is 3. The molecular weight excluding hydrogens is 218 g/mol. The van der Waals surface area contributed by atoms with Gasteiger partial charge in [-0.1, -0.05) is 0 Å². The first-order valence-electron chi connectivity index (χ1n) is 6.53. The fraction of sp³-hybridized carbons (Fsp3) is 0.833. The van der Waals surface area contributed by atoms with E-state index in [-0.39, 0.29) is 23.7 Å². The quantitative estimate of drug-likeness (QED) is 0.573. The van der Waals surface area contributed by atoms with E-state index in [9.17, 15) is 9.59 Å². The summed E-state index contributed by atoms with van der Waals surface area (Å²) in [4.78, 5) is 23.0. The normalized spacial score (nSPS) is 24.1. The third kappa shape index (κ3) is 4.00. The van der Waals surface area contributed by atoms with Crippen LogP contribution in [0.15, 0.2) is 0 Å². The third-order valence-corrected chi connectivity index (χ3v) is 3.34. The van der Waals surface area contributed by atoms with Gasteiger partial charge in [-0.2, -0.15) is 0 Å². The predicted octanol–water partition coefficient (Wildman–Crippen LogP) is -0.372. The first-order valence-corrected chi connectivity index (χ1v) is 6.53. The molecule has 96 valence electrons. The Morgan fingerprint density at radius 3 is 2.18 bits per heavy atom. The fourth-order valence-electron chi connectivity index (χ4n) is 2.08. The van der Waals surface area contributed by atoms with Gasteiger partial charge in [0.05, 0.1) is 5.92 Å². The lowest BCUT2D eigenvalue weighted by atomic mass is 9.99. The van der Waals surface area contributed by atoms with Crippen LogP contribution in [0.4, 0.5) is 0 Å². The lowest BCUT2D eigenvalue weighted by Gasteiger charge is -2.21. The molecule has 0 aromatic carbocycles. The summed E-state index contributed by atoms with van der Waals surface area (Å²) in [6, 6.07) is 0. The van der Waals surface area contributed by atoms with Crippen molar-refractivity contribution in [2.24, 2.45) is 11.8 Å². The van der Waals surface area contributed by atoms with Crippen LogP contribution in [0.1, 0.15) is 25.7 Å². The monoisotopic (exact) mass is 239 g/mol. The molecule has 1 aliphatic heterocycles. The van der Waals surface area contributed by atoms with Crippen molar-refractivity contribution in [3.05, 3.63) is 0 Å². The van der Waals surface area contributed by atoms with E-state index >= 15 is 0 Å². The molecule has 17 heavy (non-hydrogen) atoms. The van der Waals surface area contributed by atoms with Crippen LogP contribution in [0.5, 0.6) is 0 Å². The molecule has 2 amide bonds. The van der Waals surface area contributed by atoms with Crippen molar-refractivity contribution in [2.45, 2.75) is 25.7 Å². The minimum Gasteiger partial charge on any atom is -0.354 e. The first kappa shape index (κ1) is 12.4. The Morgan fingerprint density at radius 1 is 1.00 bits per heavy atom. The molecule has 2 fully saturated rings. The van der Waals surface area contributed by atoms with Gasteiger partial charge in [-0.05, 0) is 32.2 Å². The van der Waals surface area contributed by atoms with E-state index in [1.165, 1.54) is 0 Å². The minimum atomic E-state index is 0.0999. The molecule has 3 N–H and O–H groups in total. The Kier molecular flexibility index (Phi) is 4.36. The van der Waals surface area contributed by atoms with E-state index in [0.29, 0.717) is 13.1 Å². The van der Waals surface area contributed by atoms with E-state index in [4.69, 9.17) is 0 Å². The van der Waals surface area contributed by atoms with Crippen molar-refractivity contribution >= 4 is 11.8 Å². The SMILES string of the molecule is O=C(NCCNC(=O)C1CCCNC1)C1CC1. The molecule has 2 aliphatic rings. The van der Waals surface area contributed by atoms with E-state index in [0.717, 1.165) is 38.8 Å². The van der Waals surface area contributed by atoms with Gasteiger partial charge in [0.1, 0.15) is 0 Å². The summed E-state index contributed by atoms with van der Waals surface area (Å²) in [5, 5.41) is 8.92. The highest BCUT2D eigenvalue weighted by molar-refractivity contribution is 5.81. The standard InChI is InChI=1S/C12H21N3O2/c16-11(9-3-4-9)14-6-7-15-12(17)10-2-1-5-13-8-10/h9-10,13H,1-8H2,(H,14,16)(H,15,17). The Labute approximate surface area is 102 Å². The maximum absolute atomic E-state index is 11.7. The smallest absolute Gasteiger partial charge is 0.224 e. The molecule has 1 unspecified atom stereocenters. The van der Waals surface area contributed by atoms with Gasteiger partial charge in [0.15, 0.2) is 0 Å². The topological polar surface area (TPSA) is 70.2 Å². The lowest BCUT2D eigenvalue weighted by molar-refractivity contribution is -0.126. The van der Waals surface area contributed by atoms with Gasteiger partial charge < -0.3 is 16.0 Å². The van der Waals surface area contributed by atoms with Gasteiger partial charge in [0.2, 0.25) is 11.8 Å². The zero-order chi connectivity index (χ0) is 12.1. The van der Waals surface area contributed by atoms with Crippen LogP contribution in [-0.4, -0.2) is 38.0 Å². The zero-order valence-electron chi connectivity index (χ0n) is 10.1. The van der Waals surface area contributed by atoms with Crippen molar-refractivity contribution in [1.29, 1.82) is 0 Å². The molecule has 0 spiro atoms. The number of carbonyl (C=O) groups is 2. The first-order chi connectivity index (χ1) is 8.27. The Hall–Kier alpha value is -1.10. The number of carbonyl (C=O) groups excluding carboxylic acids is 2. The Balaban J connectivity index is 1.54. The highest BCUT2D eigenvalue weighted by Crippen LogP contribution is 2.28. The van der Waals surface area contributed by atoms with Crippen LogP contribution in [-0.2, 0) is 9.59 Å². The van der Waals surface area contributed by atoms with Crippen LogP contribution in [0.2, 0.25) is 0 Å². The zero-order valence-corrected chi connectivity index (χ0v) is 10.1. The third-order valence-electron chi connectivity index (χ3n) is 3.34.